The summed E-state index contributed by atoms with van der Waals surface area (Å²) in [5.74, 6) is 0. The smallest absolute Gasteiger partial charge is 0.0789 e. The first-order chi connectivity index (χ1) is 8.49. The second-order valence-corrected chi connectivity index (χ2v) is 5.74. The molecule has 18 heavy (non-hydrogen) atoms. The van der Waals surface area contributed by atoms with Gasteiger partial charge in [-0.1, -0.05) is 45.4 Å². The normalized spacial score (nSPS) is 17.9. The number of benzene rings is 1. The summed E-state index contributed by atoms with van der Waals surface area (Å²) in [6.45, 7) is 10.7. The highest BCUT2D eigenvalue weighted by Gasteiger charge is 2.26. The van der Waals surface area contributed by atoms with Crippen molar-refractivity contribution in [3.8, 4) is 0 Å². The molecule has 0 unspecified atom stereocenters. The van der Waals surface area contributed by atoms with Gasteiger partial charge in [0.15, 0.2) is 0 Å². The molecule has 1 heterocycles. The zero-order valence-electron chi connectivity index (χ0n) is 12.0. The molecule has 2 nitrogen and oxygen atoms in total. The van der Waals surface area contributed by atoms with E-state index in [1.165, 1.54) is 12.8 Å². The Kier molecular flexibility index (Phi) is 5.33. The van der Waals surface area contributed by atoms with Gasteiger partial charge in [-0.3, -0.25) is 0 Å². The molecule has 0 radical (unpaired) electrons. The van der Waals surface area contributed by atoms with Crippen LogP contribution in [0.1, 0.15) is 40.5 Å². The Bertz CT molecular complexity index is 358. The van der Waals surface area contributed by atoms with E-state index >= 15 is 0 Å². The van der Waals surface area contributed by atoms with Crippen LogP contribution >= 0.6 is 11.6 Å². The molecule has 0 aromatic heterocycles. The number of hydrogen-bond donors (Lipinski definition) is 1. The van der Waals surface area contributed by atoms with Crippen LogP contribution in [-0.4, -0.2) is 13.1 Å². The van der Waals surface area contributed by atoms with E-state index in [4.69, 9.17) is 17.3 Å². The molecule has 1 aromatic carbocycles. The lowest BCUT2D eigenvalue weighted by atomic mass is 9.82. The van der Waals surface area contributed by atoms with Gasteiger partial charge in [0, 0.05) is 13.1 Å². The molecule has 3 heteroatoms. The summed E-state index contributed by atoms with van der Waals surface area (Å²) in [4.78, 5) is 2.31. The molecule has 1 fully saturated rings. The molecule has 0 bridgehead atoms. The predicted molar refractivity (Wildman–Crippen MR) is 82.4 cm³/mol. The van der Waals surface area contributed by atoms with Crippen molar-refractivity contribution in [2.24, 2.45) is 5.41 Å². The molecule has 0 aliphatic carbocycles. The van der Waals surface area contributed by atoms with Gasteiger partial charge in [-0.15, -0.1) is 0 Å². The fraction of sp³-hybridized carbons (Fsp3) is 0.600. The monoisotopic (exact) mass is 268 g/mol. The average Bonchev–Trinajstić information content (AvgIpc) is 2.33. The first-order valence-corrected chi connectivity index (χ1v) is 7.16. The van der Waals surface area contributed by atoms with Crippen molar-refractivity contribution >= 4 is 23.0 Å². The maximum Gasteiger partial charge on any atom is 0.0789 e. The van der Waals surface area contributed by atoms with Crippen LogP contribution in [0.2, 0.25) is 5.02 Å². The zero-order valence-corrected chi connectivity index (χ0v) is 12.7. The van der Waals surface area contributed by atoms with Crippen LogP contribution in [0.5, 0.6) is 0 Å². The molecule has 1 aliphatic heterocycles. The van der Waals surface area contributed by atoms with Gasteiger partial charge in [-0.2, -0.15) is 0 Å². The Labute approximate surface area is 116 Å². The van der Waals surface area contributed by atoms with Crippen molar-refractivity contribution in [1.82, 2.24) is 0 Å². The van der Waals surface area contributed by atoms with Crippen LogP contribution in [0.15, 0.2) is 18.2 Å². The van der Waals surface area contributed by atoms with E-state index in [9.17, 15) is 0 Å². The molecule has 0 amide bonds. The molecule has 1 aromatic rings. The third-order valence-corrected chi connectivity index (χ3v) is 3.76. The number of nitrogens with two attached hydrogens (primary N) is 1. The quantitative estimate of drug-likeness (QED) is 0.756. The minimum atomic E-state index is 0.451. The van der Waals surface area contributed by atoms with E-state index in [0.717, 1.165) is 29.5 Å². The SMILES string of the molecule is CC.CC1(C)CCN(c2c(N)cccc2Cl)CC1. The number of piperidine rings is 1. The second kappa shape index (κ2) is 6.33. The Hall–Kier alpha value is -0.890. The lowest BCUT2D eigenvalue weighted by Crippen LogP contribution is -2.37. The third kappa shape index (κ3) is 3.55. The van der Waals surface area contributed by atoms with E-state index in [0.29, 0.717) is 5.41 Å². The van der Waals surface area contributed by atoms with Crippen molar-refractivity contribution in [1.29, 1.82) is 0 Å². The van der Waals surface area contributed by atoms with Crippen LogP contribution in [0.4, 0.5) is 11.4 Å². The molecule has 2 N–H and O–H groups in total. The molecule has 0 spiro atoms. The van der Waals surface area contributed by atoms with Gasteiger partial charge in [0.25, 0.3) is 0 Å². The van der Waals surface area contributed by atoms with E-state index in [2.05, 4.69) is 18.7 Å². The lowest BCUT2D eigenvalue weighted by Gasteiger charge is -2.39. The first-order valence-electron chi connectivity index (χ1n) is 6.78. The van der Waals surface area contributed by atoms with Gasteiger partial charge in [0.05, 0.1) is 16.4 Å². The fourth-order valence-corrected chi connectivity index (χ4v) is 2.50. The molecular formula is C15H25ClN2. The van der Waals surface area contributed by atoms with E-state index in [1.54, 1.807) is 0 Å². The molecule has 0 atom stereocenters. The Morgan fingerprint density at radius 2 is 1.72 bits per heavy atom. The summed E-state index contributed by atoms with van der Waals surface area (Å²) in [5.41, 5.74) is 8.24. The number of anilines is 2. The maximum absolute atomic E-state index is 6.21. The zero-order chi connectivity index (χ0) is 13.8. The Morgan fingerprint density at radius 1 is 1.17 bits per heavy atom. The number of nitrogens with zero attached hydrogens (tertiary/aromatic N) is 1. The molecule has 0 saturated carbocycles. The largest absolute Gasteiger partial charge is 0.397 e. The third-order valence-electron chi connectivity index (χ3n) is 3.45. The highest BCUT2D eigenvalue weighted by Crippen LogP contribution is 2.37. The van der Waals surface area contributed by atoms with E-state index in [1.807, 2.05) is 32.0 Å². The van der Waals surface area contributed by atoms with Crippen LogP contribution in [-0.2, 0) is 0 Å². The minimum Gasteiger partial charge on any atom is -0.397 e. The molecule has 1 aliphatic rings. The number of halogens is 1. The maximum atomic E-state index is 6.21. The second-order valence-electron chi connectivity index (χ2n) is 5.33. The summed E-state index contributed by atoms with van der Waals surface area (Å²) < 4.78 is 0. The standard InChI is InChI=1S/C13H19ClN2.C2H6/c1-13(2)6-8-16(9-7-13)12-10(14)4-3-5-11(12)15;1-2/h3-5H,6-9,15H2,1-2H3;1-2H3. The Morgan fingerprint density at radius 3 is 2.22 bits per heavy atom. The summed E-state index contributed by atoms with van der Waals surface area (Å²) in [7, 11) is 0. The van der Waals surface area contributed by atoms with Crippen LogP contribution in [0, 0.1) is 5.41 Å². The summed E-state index contributed by atoms with van der Waals surface area (Å²) in [5, 5.41) is 0.764. The van der Waals surface area contributed by atoms with Gasteiger partial charge in [0.2, 0.25) is 0 Å². The number of hydrogen-bond acceptors (Lipinski definition) is 2. The number of rotatable bonds is 1. The van der Waals surface area contributed by atoms with Crippen molar-refractivity contribution < 1.29 is 0 Å². The summed E-state index contributed by atoms with van der Waals surface area (Å²) in [6.07, 6.45) is 2.38. The molecule has 2 rings (SSSR count). The molecular weight excluding hydrogens is 244 g/mol. The van der Waals surface area contributed by atoms with Gasteiger partial charge in [0.1, 0.15) is 0 Å². The lowest BCUT2D eigenvalue weighted by molar-refractivity contribution is 0.280. The van der Waals surface area contributed by atoms with Crippen molar-refractivity contribution in [2.45, 2.75) is 40.5 Å². The Balaban J connectivity index is 0.000000771. The summed E-state index contributed by atoms with van der Waals surface area (Å²) >= 11 is 6.21. The van der Waals surface area contributed by atoms with Gasteiger partial charge in [-0.05, 0) is 30.4 Å². The first kappa shape index (κ1) is 15.2. The van der Waals surface area contributed by atoms with Crippen molar-refractivity contribution in [3.63, 3.8) is 0 Å². The van der Waals surface area contributed by atoms with E-state index in [-0.39, 0.29) is 0 Å². The minimum absolute atomic E-state index is 0.451. The number of nitrogen functional groups attached to an aromatic ring is 1. The highest BCUT2D eigenvalue weighted by atomic mass is 35.5. The van der Waals surface area contributed by atoms with Gasteiger partial charge < -0.3 is 10.6 Å². The van der Waals surface area contributed by atoms with Crippen LogP contribution < -0.4 is 10.6 Å². The number of para-hydroxylation sites is 1. The van der Waals surface area contributed by atoms with Gasteiger partial charge >= 0.3 is 0 Å². The summed E-state index contributed by atoms with van der Waals surface area (Å²) in [6, 6.07) is 5.73. The van der Waals surface area contributed by atoms with E-state index < -0.39 is 0 Å². The molecule has 102 valence electrons. The van der Waals surface area contributed by atoms with Gasteiger partial charge in [-0.25, -0.2) is 0 Å². The van der Waals surface area contributed by atoms with Crippen LogP contribution in [0.3, 0.4) is 0 Å². The topological polar surface area (TPSA) is 29.3 Å². The average molecular weight is 269 g/mol. The van der Waals surface area contributed by atoms with Crippen molar-refractivity contribution in [3.05, 3.63) is 23.2 Å². The fourth-order valence-electron chi connectivity index (χ4n) is 2.20. The molecule has 1 saturated heterocycles. The predicted octanol–water partition coefficient (Wildman–Crippen LogP) is 4.57. The highest BCUT2D eigenvalue weighted by molar-refractivity contribution is 6.34. The van der Waals surface area contributed by atoms with Crippen LogP contribution in [0.25, 0.3) is 0 Å². The van der Waals surface area contributed by atoms with Crippen molar-refractivity contribution in [2.75, 3.05) is 23.7 Å².